The maximum Gasteiger partial charge on any atom is 0.254 e. The first-order chi connectivity index (χ1) is 9.99. The van der Waals surface area contributed by atoms with Crippen LogP contribution in [0, 0.1) is 0 Å². The van der Waals surface area contributed by atoms with Gasteiger partial charge in [-0.05, 0) is 18.2 Å². The van der Waals surface area contributed by atoms with E-state index in [4.69, 9.17) is 46.4 Å². The second-order valence-electron chi connectivity index (χ2n) is 4.18. The summed E-state index contributed by atoms with van der Waals surface area (Å²) in [5.41, 5.74) is 0.919. The molecule has 0 saturated heterocycles. The Morgan fingerprint density at radius 3 is 2.38 bits per heavy atom. The highest BCUT2D eigenvalue weighted by atomic mass is 35.5. The molecule has 0 spiro atoms. The van der Waals surface area contributed by atoms with Crippen LogP contribution >= 0.6 is 46.4 Å². The van der Waals surface area contributed by atoms with Gasteiger partial charge in [0, 0.05) is 19.2 Å². The summed E-state index contributed by atoms with van der Waals surface area (Å²) in [5, 5.41) is 4.28. The number of hydrogen-bond acceptors (Lipinski definition) is 2. The smallest absolute Gasteiger partial charge is 0.254 e. The summed E-state index contributed by atoms with van der Waals surface area (Å²) < 4.78 is 0. The minimum absolute atomic E-state index is 0.260. The van der Waals surface area contributed by atoms with Gasteiger partial charge in [-0.15, -0.1) is 0 Å². The summed E-state index contributed by atoms with van der Waals surface area (Å²) in [6, 6.07) is 6.51. The lowest BCUT2D eigenvalue weighted by Crippen LogP contribution is -2.26. The molecule has 1 aromatic carbocycles. The van der Waals surface area contributed by atoms with E-state index in [1.54, 1.807) is 24.3 Å². The molecule has 110 valence electrons. The number of halogens is 4. The molecule has 7 heteroatoms. The lowest BCUT2D eigenvalue weighted by Gasteiger charge is -2.09. The van der Waals surface area contributed by atoms with E-state index < -0.39 is 0 Å². The number of carbonyl (C=O) groups is 1. The van der Waals surface area contributed by atoms with Crippen LogP contribution in [0.3, 0.4) is 0 Å². The Morgan fingerprint density at radius 2 is 1.76 bits per heavy atom. The molecule has 2 rings (SSSR count). The van der Waals surface area contributed by atoms with Gasteiger partial charge >= 0.3 is 0 Å². The fraction of sp³-hybridized carbons (Fsp3) is 0.143. The van der Waals surface area contributed by atoms with Crippen LogP contribution in [0.2, 0.25) is 20.1 Å². The molecule has 0 bridgehead atoms. The van der Waals surface area contributed by atoms with Crippen molar-refractivity contribution < 1.29 is 4.79 Å². The van der Waals surface area contributed by atoms with Crippen molar-refractivity contribution in [3.63, 3.8) is 0 Å². The molecular weight excluding hydrogens is 354 g/mol. The van der Waals surface area contributed by atoms with Crippen LogP contribution in [-0.4, -0.2) is 17.4 Å². The summed E-state index contributed by atoms with van der Waals surface area (Å²) in [6.07, 6.45) is 1.99. The first kappa shape index (κ1) is 16.4. The third kappa shape index (κ3) is 4.24. The highest BCUT2D eigenvalue weighted by molar-refractivity contribution is 6.39. The van der Waals surface area contributed by atoms with E-state index in [9.17, 15) is 4.79 Å². The third-order valence-electron chi connectivity index (χ3n) is 2.72. The van der Waals surface area contributed by atoms with Crippen LogP contribution in [-0.2, 0) is 6.42 Å². The quantitative estimate of drug-likeness (QED) is 0.857. The summed E-state index contributed by atoms with van der Waals surface area (Å²) in [4.78, 5) is 16.2. The normalized spacial score (nSPS) is 10.5. The summed E-state index contributed by atoms with van der Waals surface area (Å²) in [6.45, 7) is 0.356. The number of nitrogens with zero attached hydrogens (tertiary/aromatic N) is 1. The van der Waals surface area contributed by atoms with Gasteiger partial charge in [0.05, 0.1) is 31.3 Å². The molecule has 1 heterocycles. The van der Waals surface area contributed by atoms with E-state index in [1.165, 1.54) is 6.20 Å². The van der Waals surface area contributed by atoms with Crippen LogP contribution in [0.4, 0.5) is 0 Å². The monoisotopic (exact) mass is 362 g/mol. The molecule has 0 aliphatic carbocycles. The van der Waals surface area contributed by atoms with Gasteiger partial charge in [0.1, 0.15) is 0 Å². The zero-order chi connectivity index (χ0) is 15.4. The molecule has 1 N–H and O–H groups in total. The van der Waals surface area contributed by atoms with Crippen LogP contribution in [0.5, 0.6) is 0 Å². The van der Waals surface area contributed by atoms with Crippen molar-refractivity contribution in [3.8, 4) is 0 Å². The SMILES string of the molecule is O=C(NCCc1ncc(Cl)cc1Cl)c1c(Cl)cccc1Cl. The predicted octanol–water partition coefficient (Wildman–Crippen LogP) is 4.67. The van der Waals surface area contributed by atoms with E-state index in [0.717, 1.165) is 0 Å². The standard InChI is InChI=1S/C14H10Cl4N2O/c15-8-6-11(18)12(20-7-8)4-5-19-14(21)13-9(16)2-1-3-10(13)17/h1-3,6-7H,4-5H2,(H,19,21). The Kier molecular flexibility index (Phi) is 5.71. The van der Waals surface area contributed by atoms with Crippen LogP contribution in [0.25, 0.3) is 0 Å². The van der Waals surface area contributed by atoms with Crippen molar-refractivity contribution in [3.05, 3.63) is 61.8 Å². The topological polar surface area (TPSA) is 42.0 Å². The molecule has 0 fully saturated rings. The van der Waals surface area contributed by atoms with Crippen molar-refractivity contribution in [1.82, 2.24) is 10.3 Å². The van der Waals surface area contributed by atoms with Gasteiger partial charge in [-0.1, -0.05) is 52.5 Å². The highest BCUT2D eigenvalue weighted by Crippen LogP contribution is 2.24. The first-order valence-electron chi connectivity index (χ1n) is 6.01. The number of pyridine rings is 1. The molecule has 1 aromatic heterocycles. The Bertz CT molecular complexity index is 656. The van der Waals surface area contributed by atoms with Crippen LogP contribution < -0.4 is 5.32 Å². The first-order valence-corrected chi connectivity index (χ1v) is 7.52. The lowest BCUT2D eigenvalue weighted by atomic mass is 10.2. The number of nitrogens with one attached hydrogen (secondary N) is 1. The van der Waals surface area contributed by atoms with E-state index in [-0.39, 0.29) is 11.5 Å². The molecule has 0 aliphatic rings. The number of hydrogen-bond donors (Lipinski definition) is 1. The van der Waals surface area contributed by atoms with Crippen molar-refractivity contribution >= 4 is 52.3 Å². The van der Waals surface area contributed by atoms with Gasteiger partial charge in [0.2, 0.25) is 0 Å². The van der Waals surface area contributed by atoms with Crippen molar-refractivity contribution in [1.29, 1.82) is 0 Å². The van der Waals surface area contributed by atoms with Crippen molar-refractivity contribution in [2.24, 2.45) is 0 Å². The van der Waals surface area contributed by atoms with Gasteiger partial charge in [-0.2, -0.15) is 0 Å². The fourth-order valence-corrected chi connectivity index (χ4v) is 2.77. The Morgan fingerprint density at radius 1 is 1.10 bits per heavy atom. The minimum atomic E-state index is -0.337. The number of carbonyl (C=O) groups excluding carboxylic acids is 1. The van der Waals surface area contributed by atoms with E-state index in [1.807, 2.05) is 0 Å². The van der Waals surface area contributed by atoms with Crippen molar-refractivity contribution in [2.45, 2.75) is 6.42 Å². The Balaban J connectivity index is 1.99. The highest BCUT2D eigenvalue weighted by Gasteiger charge is 2.14. The molecule has 0 aliphatic heterocycles. The average molecular weight is 364 g/mol. The lowest BCUT2D eigenvalue weighted by molar-refractivity contribution is 0.0954. The average Bonchev–Trinajstić information content (AvgIpc) is 2.41. The van der Waals surface area contributed by atoms with Crippen LogP contribution in [0.1, 0.15) is 16.1 Å². The van der Waals surface area contributed by atoms with Crippen LogP contribution in [0.15, 0.2) is 30.5 Å². The largest absolute Gasteiger partial charge is 0.352 e. The summed E-state index contributed by atoms with van der Waals surface area (Å²) in [7, 11) is 0. The number of amides is 1. The Hall–Kier alpha value is -1.00. The predicted molar refractivity (Wildman–Crippen MR) is 86.8 cm³/mol. The second kappa shape index (κ2) is 7.32. The number of aromatic nitrogens is 1. The maximum absolute atomic E-state index is 12.1. The molecule has 0 radical (unpaired) electrons. The van der Waals surface area contributed by atoms with E-state index >= 15 is 0 Å². The number of rotatable bonds is 4. The maximum atomic E-state index is 12.1. The number of benzene rings is 1. The van der Waals surface area contributed by atoms with Gasteiger partial charge in [-0.25, -0.2) is 0 Å². The second-order valence-corrected chi connectivity index (χ2v) is 5.84. The molecule has 21 heavy (non-hydrogen) atoms. The molecule has 2 aromatic rings. The fourth-order valence-electron chi connectivity index (χ4n) is 1.72. The van der Waals surface area contributed by atoms with E-state index in [2.05, 4.69) is 10.3 Å². The molecular formula is C14H10Cl4N2O. The van der Waals surface area contributed by atoms with Gasteiger partial charge in [-0.3, -0.25) is 9.78 Å². The van der Waals surface area contributed by atoms with Gasteiger partial charge < -0.3 is 5.32 Å². The molecule has 0 saturated carbocycles. The molecule has 3 nitrogen and oxygen atoms in total. The van der Waals surface area contributed by atoms with Gasteiger partial charge in [0.25, 0.3) is 5.91 Å². The summed E-state index contributed by atoms with van der Waals surface area (Å²) in [5.74, 6) is -0.337. The molecule has 0 unspecified atom stereocenters. The summed E-state index contributed by atoms with van der Waals surface area (Å²) >= 11 is 23.7. The molecule has 1 amide bonds. The Labute approximate surface area is 142 Å². The van der Waals surface area contributed by atoms with Gasteiger partial charge in [0.15, 0.2) is 0 Å². The van der Waals surface area contributed by atoms with Crippen molar-refractivity contribution in [2.75, 3.05) is 6.54 Å². The third-order valence-corrected chi connectivity index (χ3v) is 3.89. The molecule has 0 atom stereocenters. The minimum Gasteiger partial charge on any atom is -0.352 e. The van der Waals surface area contributed by atoms with E-state index in [0.29, 0.717) is 38.8 Å². The zero-order valence-corrected chi connectivity index (χ0v) is 13.7. The zero-order valence-electron chi connectivity index (χ0n) is 10.7.